The second kappa shape index (κ2) is 14.6. The molecule has 290 valence electrons. The van der Waals surface area contributed by atoms with Gasteiger partial charge in [0, 0.05) is 54.0 Å². The van der Waals surface area contributed by atoms with Crippen molar-refractivity contribution >= 4 is 52.5 Å². The molecule has 0 spiro atoms. The van der Waals surface area contributed by atoms with Crippen LogP contribution in [0.15, 0.2) is 102 Å². The molecule has 5 aromatic rings. The van der Waals surface area contributed by atoms with E-state index in [2.05, 4.69) is 61.4 Å². The van der Waals surface area contributed by atoms with Crippen LogP contribution >= 0.6 is 11.8 Å². The van der Waals surface area contributed by atoms with Crippen LogP contribution in [0, 0.1) is 6.92 Å². The zero-order chi connectivity index (χ0) is 39.4. The van der Waals surface area contributed by atoms with Gasteiger partial charge in [-0.05, 0) is 91.6 Å². The number of para-hydroxylation sites is 2. The van der Waals surface area contributed by atoms with Gasteiger partial charge in [-0.25, -0.2) is 0 Å². The summed E-state index contributed by atoms with van der Waals surface area (Å²) >= 11 is 1.83. The summed E-state index contributed by atoms with van der Waals surface area (Å²) in [6, 6.07) is 32.0. The van der Waals surface area contributed by atoms with Crippen LogP contribution in [-0.4, -0.2) is 61.3 Å². The molecule has 4 aliphatic rings. The van der Waals surface area contributed by atoms with Crippen LogP contribution in [0.4, 0.5) is 22.7 Å². The number of carbonyl (C=O) groups excluding carboxylic acids is 2. The van der Waals surface area contributed by atoms with Gasteiger partial charge in [-0.1, -0.05) is 54.6 Å². The highest BCUT2D eigenvalue weighted by atomic mass is 32.2. The molecular weight excluding hydrogens is 733 g/mol. The zero-order valence-corrected chi connectivity index (χ0v) is 33.8. The van der Waals surface area contributed by atoms with E-state index >= 15 is 0 Å². The van der Waals surface area contributed by atoms with Crippen LogP contribution in [0.3, 0.4) is 0 Å². The first kappa shape index (κ1) is 36.9. The molecule has 0 saturated heterocycles. The summed E-state index contributed by atoms with van der Waals surface area (Å²) in [5.41, 5.74) is 9.83. The Balaban J connectivity index is 0.929. The number of aliphatic imine (C=N–C) groups is 1. The van der Waals surface area contributed by atoms with Crippen molar-refractivity contribution in [3.8, 4) is 17.2 Å². The Labute approximate surface area is 338 Å². The predicted molar refractivity (Wildman–Crippen MR) is 229 cm³/mol. The fourth-order valence-corrected chi connectivity index (χ4v) is 8.91. The third-order valence-corrected chi connectivity index (χ3v) is 12.9. The molecule has 0 fully saturated rings. The number of hydrogen-bond donors (Lipinski definition) is 0. The summed E-state index contributed by atoms with van der Waals surface area (Å²) in [6.07, 6.45) is 5.58. The standard InChI is InChI=1S/C47H46N4O5S/c1-29-17-37-41(49(28-47(2,3)57-5)25-35-20-33-14-7-9-16-40(33)51(35)46(37)53)23-42(29)55-26-30-11-10-12-31(18-30)27-56-44-22-38-36(21-43(44)54-4)45(52)50-34(24-48-38)19-32-13-6-8-15-39(32)50/h6-18,21-24,34-35H,19-20,25-28H2,1-5H3/t34-,35-/m0/s1. The Hall–Kier alpha value is -5.74. The van der Waals surface area contributed by atoms with Gasteiger partial charge in [0.2, 0.25) is 0 Å². The molecule has 9 rings (SSSR count). The molecule has 0 radical (unpaired) electrons. The maximum atomic E-state index is 14.3. The van der Waals surface area contributed by atoms with Crippen molar-refractivity contribution in [1.29, 1.82) is 0 Å². The Bertz CT molecular complexity index is 2450. The van der Waals surface area contributed by atoms with E-state index < -0.39 is 0 Å². The van der Waals surface area contributed by atoms with Crippen molar-refractivity contribution in [2.45, 2.75) is 63.7 Å². The number of carbonyl (C=O) groups is 2. The SMILES string of the molecule is COc1cc2c(cc1OCc1cccc(COc3cc4c(cc3C)C(=O)N3c5ccccc5C[C@H]3CN4CC(C)(C)SC)c1)N=C[C@@H]1Cc3ccccc3N1C2=O. The lowest BCUT2D eigenvalue weighted by atomic mass is 10.0. The van der Waals surface area contributed by atoms with Gasteiger partial charge in [-0.2, -0.15) is 11.8 Å². The minimum absolute atomic E-state index is 0.0212. The minimum Gasteiger partial charge on any atom is -0.493 e. The van der Waals surface area contributed by atoms with Crippen LogP contribution in [0.5, 0.6) is 17.2 Å². The number of hydrogen-bond acceptors (Lipinski definition) is 8. The second-order valence-electron chi connectivity index (χ2n) is 15.9. The molecule has 0 N–H and O–H groups in total. The molecule has 10 heteroatoms. The number of thioether (sulfide) groups is 1. The third kappa shape index (κ3) is 6.79. The fraction of sp³-hybridized carbons (Fsp3) is 0.298. The van der Waals surface area contributed by atoms with E-state index in [0.29, 0.717) is 34.9 Å². The first-order valence-electron chi connectivity index (χ1n) is 19.5. The summed E-state index contributed by atoms with van der Waals surface area (Å²) in [5, 5.41) is 0. The monoisotopic (exact) mass is 778 g/mol. The maximum absolute atomic E-state index is 14.3. The average Bonchev–Trinajstić information content (AvgIpc) is 3.71. The van der Waals surface area contributed by atoms with Crippen molar-refractivity contribution in [2.75, 3.05) is 41.2 Å². The van der Waals surface area contributed by atoms with E-state index in [9.17, 15) is 9.59 Å². The van der Waals surface area contributed by atoms with Crippen molar-refractivity contribution < 1.29 is 23.8 Å². The van der Waals surface area contributed by atoms with Gasteiger partial charge in [0.05, 0.1) is 41.7 Å². The van der Waals surface area contributed by atoms with Crippen molar-refractivity contribution in [1.82, 2.24) is 0 Å². The number of nitrogens with zero attached hydrogens (tertiary/aromatic N) is 4. The number of amides is 2. The Morgan fingerprint density at radius 2 is 1.40 bits per heavy atom. The molecule has 5 aromatic carbocycles. The first-order valence-corrected chi connectivity index (χ1v) is 20.7. The largest absolute Gasteiger partial charge is 0.493 e. The smallest absolute Gasteiger partial charge is 0.261 e. The van der Waals surface area contributed by atoms with E-state index in [1.54, 1.807) is 19.2 Å². The summed E-state index contributed by atoms with van der Waals surface area (Å²) in [7, 11) is 1.58. The molecule has 9 nitrogen and oxygen atoms in total. The summed E-state index contributed by atoms with van der Waals surface area (Å²) < 4.78 is 18.6. The van der Waals surface area contributed by atoms with Crippen LogP contribution < -0.4 is 28.9 Å². The molecule has 0 unspecified atom stereocenters. The van der Waals surface area contributed by atoms with Gasteiger partial charge in [0.15, 0.2) is 11.5 Å². The highest BCUT2D eigenvalue weighted by molar-refractivity contribution is 7.99. The molecule has 4 aliphatic heterocycles. The van der Waals surface area contributed by atoms with E-state index in [4.69, 9.17) is 19.2 Å². The highest BCUT2D eigenvalue weighted by Gasteiger charge is 2.41. The highest BCUT2D eigenvalue weighted by Crippen LogP contribution is 2.43. The minimum atomic E-state index is -0.137. The van der Waals surface area contributed by atoms with Gasteiger partial charge in [0.1, 0.15) is 19.0 Å². The number of anilines is 3. The summed E-state index contributed by atoms with van der Waals surface area (Å²) in [4.78, 5) is 39.2. The van der Waals surface area contributed by atoms with Crippen molar-refractivity contribution in [3.05, 3.63) is 136 Å². The van der Waals surface area contributed by atoms with Crippen LogP contribution in [0.25, 0.3) is 0 Å². The topological polar surface area (TPSA) is 83.9 Å². The number of ether oxygens (including phenoxy) is 3. The lowest BCUT2D eigenvalue weighted by Gasteiger charge is -2.34. The average molecular weight is 779 g/mol. The van der Waals surface area contributed by atoms with Crippen molar-refractivity contribution in [2.24, 2.45) is 4.99 Å². The van der Waals surface area contributed by atoms with Gasteiger partial charge in [-0.15, -0.1) is 0 Å². The molecule has 4 heterocycles. The quantitative estimate of drug-likeness (QED) is 0.140. The molecule has 0 saturated carbocycles. The van der Waals surface area contributed by atoms with Gasteiger partial charge >= 0.3 is 0 Å². The van der Waals surface area contributed by atoms with E-state index in [1.807, 2.05) is 83.2 Å². The van der Waals surface area contributed by atoms with Gasteiger partial charge in [-0.3, -0.25) is 19.5 Å². The zero-order valence-electron chi connectivity index (χ0n) is 33.0. The summed E-state index contributed by atoms with van der Waals surface area (Å²) in [6.45, 7) is 8.69. The molecule has 2 atom stereocenters. The maximum Gasteiger partial charge on any atom is 0.261 e. The van der Waals surface area contributed by atoms with E-state index in [-0.39, 0.29) is 35.3 Å². The predicted octanol–water partition coefficient (Wildman–Crippen LogP) is 8.98. The fourth-order valence-electron chi connectivity index (χ4n) is 8.62. The second-order valence-corrected chi connectivity index (χ2v) is 17.4. The molecule has 2 amide bonds. The number of aryl methyl sites for hydroxylation is 1. The van der Waals surface area contributed by atoms with Crippen LogP contribution in [-0.2, 0) is 26.1 Å². The lowest BCUT2D eigenvalue weighted by molar-refractivity contribution is 0.0977. The lowest BCUT2D eigenvalue weighted by Crippen LogP contribution is -2.45. The summed E-state index contributed by atoms with van der Waals surface area (Å²) in [5.74, 6) is 1.68. The van der Waals surface area contributed by atoms with Crippen LogP contribution in [0.1, 0.15) is 62.4 Å². The Morgan fingerprint density at radius 3 is 2.12 bits per heavy atom. The number of methoxy groups -OCH3 is 1. The van der Waals surface area contributed by atoms with E-state index in [0.717, 1.165) is 71.0 Å². The molecule has 0 aromatic heterocycles. The van der Waals surface area contributed by atoms with Crippen LogP contribution in [0.2, 0.25) is 0 Å². The number of rotatable bonds is 10. The van der Waals surface area contributed by atoms with Gasteiger partial charge in [0.25, 0.3) is 11.8 Å². The Kier molecular flexibility index (Phi) is 9.47. The molecule has 0 bridgehead atoms. The Morgan fingerprint density at radius 1 is 0.737 bits per heavy atom. The third-order valence-electron chi connectivity index (χ3n) is 11.6. The number of benzene rings is 5. The van der Waals surface area contributed by atoms with Crippen molar-refractivity contribution in [3.63, 3.8) is 0 Å². The number of fused-ring (bicyclic) bond motifs is 8. The molecule has 0 aliphatic carbocycles. The first-order chi connectivity index (χ1) is 27.6. The van der Waals surface area contributed by atoms with Gasteiger partial charge < -0.3 is 24.0 Å². The molecular formula is C47H46N4O5S. The molecule has 57 heavy (non-hydrogen) atoms. The normalized spacial score (nSPS) is 17.9. The van der Waals surface area contributed by atoms with E-state index in [1.165, 1.54) is 5.56 Å².